The molecule has 0 saturated heterocycles. The Morgan fingerprint density at radius 1 is 0.706 bits per heavy atom. The average molecular weight is 465 g/mol. The van der Waals surface area contributed by atoms with Crippen LogP contribution in [0, 0.1) is 5.92 Å². The third-order valence-electron chi connectivity index (χ3n) is 7.49. The molecule has 4 heteroatoms. The van der Waals surface area contributed by atoms with E-state index in [2.05, 4.69) is 30.3 Å². The molecule has 3 atom stereocenters. The van der Waals surface area contributed by atoms with E-state index in [-0.39, 0.29) is 23.7 Å². The summed E-state index contributed by atoms with van der Waals surface area (Å²) in [5, 5.41) is 2.43. The van der Waals surface area contributed by atoms with Gasteiger partial charge in [0.25, 0.3) is 0 Å². The van der Waals surface area contributed by atoms with E-state index in [0.717, 1.165) is 27.9 Å². The smallest absolute Gasteiger partial charge is 0.309 e. The normalized spacial score (nSPS) is 20.3. The SMILES string of the molecule is COC(=O)[C@H]1CC2c3ccccc3C1c1cc(P(=O)(c3ccccc3)c3ccccc3)ccc12. The highest BCUT2D eigenvalue weighted by atomic mass is 31.2. The summed E-state index contributed by atoms with van der Waals surface area (Å²) in [7, 11) is -1.63. The molecule has 2 unspecified atom stereocenters. The summed E-state index contributed by atoms with van der Waals surface area (Å²) in [4.78, 5) is 12.8. The Labute approximate surface area is 199 Å². The van der Waals surface area contributed by atoms with Crippen LogP contribution in [0.5, 0.6) is 0 Å². The summed E-state index contributed by atoms with van der Waals surface area (Å²) < 4.78 is 20.2. The number of hydrogen-bond acceptors (Lipinski definition) is 3. The van der Waals surface area contributed by atoms with Crippen LogP contribution < -0.4 is 15.9 Å². The number of benzene rings is 4. The molecule has 168 valence electrons. The second-order valence-electron chi connectivity index (χ2n) is 9.12. The molecule has 0 saturated carbocycles. The number of fused-ring (bicyclic) bond motifs is 1. The Morgan fingerprint density at radius 2 is 1.26 bits per heavy atom. The molecule has 0 fully saturated rings. The van der Waals surface area contributed by atoms with Crippen LogP contribution >= 0.6 is 7.14 Å². The van der Waals surface area contributed by atoms with Gasteiger partial charge in [-0.05, 0) is 34.7 Å². The van der Waals surface area contributed by atoms with E-state index in [4.69, 9.17) is 4.74 Å². The fourth-order valence-electron chi connectivity index (χ4n) is 5.98. The largest absolute Gasteiger partial charge is 0.469 e. The Kier molecular flexibility index (Phi) is 5.04. The molecular weight excluding hydrogens is 439 g/mol. The minimum Gasteiger partial charge on any atom is -0.469 e. The van der Waals surface area contributed by atoms with Crippen LogP contribution in [0.15, 0.2) is 103 Å². The summed E-state index contributed by atoms with van der Waals surface area (Å²) in [5.41, 5.74) is 4.82. The number of rotatable bonds is 4. The minimum atomic E-state index is -3.10. The van der Waals surface area contributed by atoms with Gasteiger partial charge in [0, 0.05) is 27.7 Å². The maximum Gasteiger partial charge on any atom is 0.309 e. The van der Waals surface area contributed by atoms with E-state index in [1.165, 1.54) is 23.8 Å². The number of ether oxygens (including phenoxy) is 1. The molecule has 34 heavy (non-hydrogen) atoms. The first-order chi connectivity index (χ1) is 16.6. The van der Waals surface area contributed by atoms with Crippen molar-refractivity contribution in [2.45, 2.75) is 18.3 Å². The summed E-state index contributed by atoms with van der Waals surface area (Å²) in [5.74, 6) is -0.360. The third-order valence-corrected chi connectivity index (χ3v) is 10.5. The van der Waals surface area contributed by atoms with E-state index >= 15 is 0 Å². The first-order valence-corrected chi connectivity index (χ1v) is 13.4. The molecule has 2 bridgehead atoms. The van der Waals surface area contributed by atoms with E-state index in [0.29, 0.717) is 0 Å². The van der Waals surface area contributed by atoms with Gasteiger partial charge in [0.1, 0.15) is 0 Å². The van der Waals surface area contributed by atoms with Crippen molar-refractivity contribution in [1.29, 1.82) is 0 Å². The van der Waals surface area contributed by atoms with Gasteiger partial charge in [0.05, 0.1) is 13.0 Å². The van der Waals surface area contributed by atoms with Crippen molar-refractivity contribution in [1.82, 2.24) is 0 Å². The minimum absolute atomic E-state index is 0.0939. The van der Waals surface area contributed by atoms with E-state index < -0.39 is 7.14 Å². The maximum atomic E-state index is 14.9. The highest BCUT2D eigenvalue weighted by Gasteiger charge is 2.47. The van der Waals surface area contributed by atoms with E-state index in [1.54, 1.807) is 0 Å². The molecule has 0 aromatic heterocycles. The fraction of sp³-hybridized carbons (Fsp3) is 0.167. The molecule has 3 aliphatic carbocycles. The number of hydrogen-bond donors (Lipinski definition) is 0. The second-order valence-corrected chi connectivity index (χ2v) is 11.9. The van der Waals surface area contributed by atoms with Gasteiger partial charge < -0.3 is 9.30 Å². The Bertz CT molecular complexity index is 1380. The molecular formula is C30H25O3P. The van der Waals surface area contributed by atoms with Gasteiger partial charge >= 0.3 is 5.97 Å². The monoisotopic (exact) mass is 464 g/mol. The zero-order chi connectivity index (χ0) is 23.3. The molecule has 0 radical (unpaired) electrons. The van der Waals surface area contributed by atoms with Crippen LogP contribution in [0.3, 0.4) is 0 Å². The predicted octanol–water partition coefficient (Wildman–Crippen LogP) is 5.10. The number of methoxy groups -OCH3 is 1. The molecule has 0 aliphatic heterocycles. The van der Waals surface area contributed by atoms with Gasteiger partial charge in [-0.25, -0.2) is 0 Å². The number of carbonyl (C=O) groups excluding carboxylic acids is 1. The Morgan fingerprint density at radius 3 is 1.88 bits per heavy atom. The number of esters is 1. The topological polar surface area (TPSA) is 43.4 Å². The van der Waals surface area contributed by atoms with Crippen LogP contribution in [0.25, 0.3) is 0 Å². The van der Waals surface area contributed by atoms with Gasteiger partial charge in [-0.15, -0.1) is 0 Å². The number of carbonyl (C=O) groups is 1. The van der Waals surface area contributed by atoms with Crippen molar-refractivity contribution in [2.75, 3.05) is 7.11 Å². The van der Waals surface area contributed by atoms with Gasteiger partial charge in [-0.2, -0.15) is 0 Å². The third kappa shape index (κ3) is 3.04. The lowest BCUT2D eigenvalue weighted by atomic mass is 9.59. The van der Waals surface area contributed by atoms with Gasteiger partial charge in [-0.1, -0.05) is 97.1 Å². The second kappa shape index (κ2) is 8.11. The van der Waals surface area contributed by atoms with Crippen LogP contribution in [-0.2, 0) is 14.1 Å². The zero-order valence-electron chi connectivity index (χ0n) is 18.9. The summed E-state index contributed by atoms with van der Waals surface area (Å²) in [6.45, 7) is 0. The maximum absolute atomic E-state index is 14.9. The van der Waals surface area contributed by atoms with Crippen molar-refractivity contribution in [3.63, 3.8) is 0 Å². The quantitative estimate of drug-likeness (QED) is 0.312. The van der Waals surface area contributed by atoms with Crippen molar-refractivity contribution in [3.8, 4) is 0 Å². The lowest BCUT2D eigenvalue weighted by Crippen LogP contribution is -2.38. The molecule has 0 amide bonds. The summed E-state index contributed by atoms with van der Waals surface area (Å²) in [6.07, 6.45) is 0.746. The predicted molar refractivity (Wildman–Crippen MR) is 136 cm³/mol. The average Bonchev–Trinajstić information content (AvgIpc) is 2.92. The molecule has 3 nitrogen and oxygen atoms in total. The van der Waals surface area contributed by atoms with Crippen LogP contribution in [0.4, 0.5) is 0 Å². The highest BCUT2D eigenvalue weighted by molar-refractivity contribution is 7.85. The van der Waals surface area contributed by atoms with Crippen molar-refractivity contribution in [2.24, 2.45) is 5.92 Å². The Balaban J connectivity index is 1.58. The van der Waals surface area contributed by atoms with Gasteiger partial charge in [0.15, 0.2) is 7.14 Å². The molecule has 0 spiro atoms. The first-order valence-electron chi connectivity index (χ1n) is 11.6. The van der Waals surface area contributed by atoms with Crippen LogP contribution in [0.1, 0.15) is 40.5 Å². The first kappa shape index (κ1) is 21.1. The standard InChI is InChI=1S/C30H25O3P/c1-33-30(31)28-19-26-23-14-8-9-15-25(23)29(28)27-18-22(16-17-24(26)27)34(32,20-10-4-2-5-11-20)21-12-6-3-7-13-21/h2-18,26,28-29H,19H2,1H3/t26?,28-,29?/m0/s1. The van der Waals surface area contributed by atoms with Gasteiger partial charge in [0.2, 0.25) is 0 Å². The molecule has 4 aromatic rings. The molecule has 0 heterocycles. The molecule has 7 rings (SSSR count). The summed E-state index contributed by atoms with van der Waals surface area (Å²) >= 11 is 0. The highest BCUT2D eigenvalue weighted by Crippen LogP contribution is 2.56. The lowest BCUT2D eigenvalue weighted by Gasteiger charge is -2.44. The zero-order valence-corrected chi connectivity index (χ0v) is 19.8. The van der Waals surface area contributed by atoms with Crippen molar-refractivity contribution >= 4 is 29.0 Å². The van der Waals surface area contributed by atoms with E-state index in [1.807, 2.05) is 72.8 Å². The molecule has 4 aromatic carbocycles. The molecule has 3 aliphatic rings. The molecule has 0 N–H and O–H groups in total. The van der Waals surface area contributed by atoms with Gasteiger partial charge in [-0.3, -0.25) is 4.79 Å². The fourth-order valence-corrected chi connectivity index (χ4v) is 8.66. The van der Waals surface area contributed by atoms with Crippen molar-refractivity contribution < 1.29 is 14.1 Å². The van der Waals surface area contributed by atoms with Crippen LogP contribution in [-0.4, -0.2) is 13.1 Å². The summed E-state index contributed by atoms with van der Waals surface area (Å²) in [6, 6.07) is 34.2. The van der Waals surface area contributed by atoms with E-state index in [9.17, 15) is 9.36 Å². The van der Waals surface area contributed by atoms with Crippen LogP contribution in [0.2, 0.25) is 0 Å². The Hall–Kier alpha value is -3.42. The van der Waals surface area contributed by atoms with Crippen molar-refractivity contribution in [3.05, 3.63) is 125 Å². The lowest BCUT2D eigenvalue weighted by molar-refractivity contribution is -0.146.